The Morgan fingerprint density at radius 2 is 1.89 bits per heavy atom. The molecule has 2 aliphatic rings. The van der Waals surface area contributed by atoms with Crippen LogP contribution in [0, 0.1) is 0 Å². The van der Waals surface area contributed by atoms with Crippen LogP contribution in [0.4, 0.5) is 0 Å². The fourth-order valence-corrected chi connectivity index (χ4v) is 5.99. The highest BCUT2D eigenvalue weighted by molar-refractivity contribution is 7.89. The summed E-state index contributed by atoms with van der Waals surface area (Å²) >= 11 is 0. The lowest BCUT2D eigenvalue weighted by Crippen LogP contribution is -2.44. The minimum atomic E-state index is -3.57. The fraction of sp³-hybridized carbons (Fsp3) is 0.667. The average Bonchev–Trinajstić information content (AvgIpc) is 2.70. The van der Waals surface area contributed by atoms with Crippen molar-refractivity contribution in [2.45, 2.75) is 69.4 Å². The van der Waals surface area contributed by atoms with Gasteiger partial charge >= 0.3 is 0 Å². The Morgan fingerprint density at radius 1 is 1.14 bits per heavy atom. The maximum Gasteiger partial charge on any atom is 0.251 e. The second-order valence-electron chi connectivity index (χ2n) is 8.08. The first-order valence-corrected chi connectivity index (χ1v) is 12.0. The summed E-state index contributed by atoms with van der Waals surface area (Å²) in [4.78, 5) is 15.3. The normalized spacial score (nSPS) is 22.9. The Kier molecular flexibility index (Phi) is 7.12. The van der Waals surface area contributed by atoms with Crippen LogP contribution in [0.25, 0.3) is 0 Å². The van der Waals surface area contributed by atoms with Gasteiger partial charge in [-0.25, -0.2) is 8.42 Å². The van der Waals surface area contributed by atoms with Crippen LogP contribution in [0.5, 0.6) is 0 Å². The predicted octanol–water partition coefficient (Wildman–Crippen LogP) is 2.85. The number of hydrogen-bond donors (Lipinski definition) is 1. The van der Waals surface area contributed by atoms with Crippen LogP contribution in [0.3, 0.4) is 0 Å². The quantitative estimate of drug-likeness (QED) is 0.787. The molecule has 0 bridgehead atoms. The van der Waals surface area contributed by atoms with Gasteiger partial charge in [0.2, 0.25) is 10.0 Å². The number of hydrogen-bond acceptors (Lipinski definition) is 4. The van der Waals surface area contributed by atoms with Crippen LogP contribution in [0.2, 0.25) is 0 Å². The zero-order chi connectivity index (χ0) is 20.1. The summed E-state index contributed by atoms with van der Waals surface area (Å²) in [6, 6.07) is 6.64. The van der Waals surface area contributed by atoms with E-state index in [-0.39, 0.29) is 22.9 Å². The molecule has 1 aromatic rings. The van der Waals surface area contributed by atoms with E-state index in [1.165, 1.54) is 6.07 Å². The molecule has 1 aromatic carbocycles. The van der Waals surface area contributed by atoms with Gasteiger partial charge in [0.15, 0.2) is 0 Å². The van der Waals surface area contributed by atoms with Crippen molar-refractivity contribution in [2.24, 2.45) is 0 Å². The zero-order valence-electron chi connectivity index (χ0n) is 17.1. The second kappa shape index (κ2) is 9.37. The molecule has 0 saturated carbocycles. The molecule has 0 unspecified atom stereocenters. The van der Waals surface area contributed by atoms with Gasteiger partial charge in [-0.15, -0.1) is 0 Å². The van der Waals surface area contributed by atoms with Crippen LogP contribution < -0.4 is 5.32 Å². The SMILES string of the molecule is CCCN1CCC(NC(=O)c2cccc(S(=O)(=O)N3CCCC[C@@H]3C)c2)CC1. The van der Waals surface area contributed by atoms with Crippen LogP contribution in [-0.2, 0) is 10.0 Å². The summed E-state index contributed by atoms with van der Waals surface area (Å²) in [5.74, 6) is -0.183. The Morgan fingerprint density at radius 3 is 2.57 bits per heavy atom. The van der Waals surface area contributed by atoms with Crippen molar-refractivity contribution < 1.29 is 13.2 Å². The molecule has 1 N–H and O–H groups in total. The number of piperidine rings is 2. The number of likely N-dealkylation sites (tertiary alicyclic amines) is 1. The van der Waals surface area contributed by atoms with Crippen molar-refractivity contribution >= 4 is 15.9 Å². The molecule has 2 heterocycles. The molecule has 156 valence electrons. The van der Waals surface area contributed by atoms with E-state index in [0.717, 1.165) is 58.2 Å². The maximum atomic E-state index is 13.0. The number of sulfonamides is 1. The molecule has 3 rings (SSSR count). The van der Waals surface area contributed by atoms with Gasteiger partial charge < -0.3 is 10.2 Å². The molecule has 1 atom stereocenters. The van der Waals surface area contributed by atoms with Crippen molar-refractivity contribution in [3.8, 4) is 0 Å². The molecule has 7 heteroatoms. The molecule has 1 amide bonds. The van der Waals surface area contributed by atoms with E-state index in [9.17, 15) is 13.2 Å². The van der Waals surface area contributed by atoms with E-state index in [0.29, 0.717) is 12.1 Å². The lowest BCUT2D eigenvalue weighted by Gasteiger charge is -2.32. The highest BCUT2D eigenvalue weighted by atomic mass is 32.2. The predicted molar refractivity (Wildman–Crippen MR) is 111 cm³/mol. The van der Waals surface area contributed by atoms with E-state index in [4.69, 9.17) is 0 Å². The number of carbonyl (C=O) groups is 1. The van der Waals surface area contributed by atoms with Crippen molar-refractivity contribution in [3.05, 3.63) is 29.8 Å². The highest BCUT2D eigenvalue weighted by Gasteiger charge is 2.31. The van der Waals surface area contributed by atoms with Crippen molar-refractivity contribution in [2.75, 3.05) is 26.2 Å². The summed E-state index contributed by atoms with van der Waals surface area (Å²) in [5, 5.41) is 3.09. The number of carbonyl (C=O) groups excluding carboxylic acids is 1. The van der Waals surface area contributed by atoms with Gasteiger partial charge in [0.25, 0.3) is 5.91 Å². The average molecular weight is 408 g/mol. The van der Waals surface area contributed by atoms with Gasteiger partial charge in [-0.05, 0) is 63.8 Å². The van der Waals surface area contributed by atoms with E-state index >= 15 is 0 Å². The number of nitrogens with one attached hydrogen (secondary N) is 1. The van der Waals surface area contributed by atoms with Gasteiger partial charge in [0.1, 0.15) is 0 Å². The second-order valence-corrected chi connectivity index (χ2v) is 9.97. The summed E-state index contributed by atoms with van der Waals surface area (Å²) in [6.45, 7) is 7.80. The number of nitrogens with zero attached hydrogens (tertiary/aromatic N) is 2. The largest absolute Gasteiger partial charge is 0.349 e. The topological polar surface area (TPSA) is 69.7 Å². The fourth-order valence-electron chi connectivity index (χ4n) is 4.25. The molecule has 28 heavy (non-hydrogen) atoms. The lowest BCUT2D eigenvalue weighted by atomic mass is 10.0. The number of benzene rings is 1. The summed E-state index contributed by atoms with van der Waals surface area (Å²) in [5.41, 5.74) is 0.418. The van der Waals surface area contributed by atoms with Crippen LogP contribution in [0.1, 0.15) is 62.7 Å². The minimum absolute atomic E-state index is 0.00420. The first-order valence-electron chi connectivity index (χ1n) is 10.6. The standard InChI is InChI=1S/C21H33N3O3S/c1-3-12-23-14-10-19(11-15-23)22-21(25)18-8-6-9-20(16-18)28(26,27)24-13-5-4-7-17(24)2/h6,8-9,16-17,19H,3-5,7,10-15H2,1-2H3,(H,22,25)/t17-/m0/s1. The van der Waals surface area contributed by atoms with Crippen LogP contribution >= 0.6 is 0 Å². The van der Waals surface area contributed by atoms with Crippen molar-refractivity contribution in [1.82, 2.24) is 14.5 Å². The molecule has 0 aliphatic carbocycles. The number of amides is 1. The third-order valence-electron chi connectivity index (χ3n) is 5.91. The Bertz CT molecular complexity index is 773. The molecule has 0 radical (unpaired) electrons. The lowest BCUT2D eigenvalue weighted by molar-refractivity contribution is 0.0911. The molecular formula is C21H33N3O3S. The Labute approximate surface area is 169 Å². The van der Waals surface area contributed by atoms with Crippen LogP contribution in [-0.4, -0.2) is 61.8 Å². The minimum Gasteiger partial charge on any atom is -0.349 e. The van der Waals surface area contributed by atoms with Crippen molar-refractivity contribution in [3.63, 3.8) is 0 Å². The molecule has 2 fully saturated rings. The Hall–Kier alpha value is -1.44. The highest BCUT2D eigenvalue weighted by Crippen LogP contribution is 2.25. The maximum absolute atomic E-state index is 13.0. The van der Waals surface area contributed by atoms with Crippen molar-refractivity contribution in [1.29, 1.82) is 0 Å². The van der Waals surface area contributed by atoms with E-state index < -0.39 is 10.0 Å². The van der Waals surface area contributed by atoms with E-state index in [1.54, 1.807) is 22.5 Å². The summed E-state index contributed by atoms with van der Waals surface area (Å²) in [6.07, 6.45) is 5.86. The van der Waals surface area contributed by atoms with Gasteiger partial charge in [-0.3, -0.25) is 4.79 Å². The zero-order valence-corrected chi connectivity index (χ0v) is 17.9. The van der Waals surface area contributed by atoms with Gasteiger partial charge in [-0.1, -0.05) is 19.4 Å². The smallest absolute Gasteiger partial charge is 0.251 e. The molecule has 2 saturated heterocycles. The monoisotopic (exact) mass is 407 g/mol. The van der Waals surface area contributed by atoms with E-state index in [1.807, 2.05) is 6.92 Å². The molecule has 6 nitrogen and oxygen atoms in total. The third kappa shape index (κ3) is 4.93. The Balaban J connectivity index is 1.66. The first kappa shape index (κ1) is 21.3. The van der Waals surface area contributed by atoms with Crippen LogP contribution in [0.15, 0.2) is 29.2 Å². The number of rotatable bonds is 6. The van der Waals surface area contributed by atoms with Gasteiger partial charge in [0.05, 0.1) is 4.90 Å². The third-order valence-corrected chi connectivity index (χ3v) is 7.92. The van der Waals surface area contributed by atoms with E-state index in [2.05, 4.69) is 17.1 Å². The molecule has 0 spiro atoms. The summed E-state index contributed by atoms with van der Waals surface area (Å²) < 4.78 is 27.7. The summed E-state index contributed by atoms with van der Waals surface area (Å²) in [7, 11) is -3.57. The van der Waals surface area contributed by atoms with Gasteiger partial charge in [0, 0.05) is 37.3 Å². The molecular weight excluding hydrogens is 374 g/mol. The molecule has 0 aromatic heterocycles. The van der Waals surface area contributed by atoms with Gasteiger partial charge in [-0.2, -0.15) is 4.31 Å². The first-order chi connectivity index (χ1) is 13.4. The molecule has 2 aliphatic heterocycles.